The van der Waals surface area contributed by atoms with Gasteiger partial charge in [0.05, 0.1) is 18.1 Å². The molecule has 0 aromatic heterocycles. The number of nitrogens with one attached hydrogen (secondary N) is 1. The van der Waals surface area contributed by atoms with Crippen molar-refractivity contribution < 1.29 is 19.0 Å². The number of carbonyl (C=O) groups excluding carboxylic acids is 1. The van der Waals surface area contributed by atoms with Crippen LogP contribution in [0.3, 0.4) is 0 Å². The van der Waals surface area contributed by atoms with Gasteiger partial charge >= 0.3 is 0 Å². The van der Waals surface area contributed by atoms with Crippen molar-refractivity contribution >= 4 is 5.91 Å². The smallest absolute Gasteiger partial charge is 0.231 e. The van der Waals surface area contributed by atoms with E-state index in [9.17, 15) is 14.3 Å². The molecule has 4 nitrogen and oxygen atoms in total. The van der Waals surface area contributed by atoms with Crippen LogP contribution in [0, 0.1) is 11.2 Å². The number of ether oxygens (including phenoxy) is 1. The summed E-state index contributed by atoms with van der Waals surface area (Å²) in [5.74, 6) is -0.428. The monoisotopic (exact) mass is 337 g/mol. The molecule has 0 aliphatic carbocycles. The highest BCUT2D eigenvalue weighted by Crippen LogP contribution is 2.35. The standard InChI is InChI=1S/C19H28FNO3/c1-18(2,3)12-16(13-22)21-17(23)19(8-10-24-11-9-19)14-4-6-15(20)7-5-14/h4-7,16,22H,8-13H2,1-3H3,(H,21,23). The SMILES string of the molecule is CC(C)(C)CC(CO)NC(=O)C1(c2ccc(F)cc2)CCOCC1. The van der Waals surface area contributed by atoms with Crippen molar-refractivity contribution in [1.29, 1.82) is 0 Å². The lowest BCUT2D eigenvalue weighted by Crippen LogP contribution is -2.52. The molecule has 2 rings (SSSR count). The third-order valence-corrected chi connectivity index (χ3v) is 4.59. The molecule has 1 saturated heterocycles. The molecular formula is C19H28FNO3. The van der Waals surface area contributed by atoms with Crippen molar-refractivity contribution in [3.05, 3.63) is 35.6 Å². The van der Waals surface area contributed by atoms with Crippen LogP contribution in [-0.2, 0) is 14.9 Å². The first-order chi connectivity index (χ1) is 11.3. The van der Waals surface area contributed by atoms with Crippen molar-refractivity contribution in [1.82, 2.24) is 5.32 Å². The Morgan fingerprint density at radius 2 is 1.88 bits per heavy atom. The number of aliphatic hydroxyl groups excluding tert-OH is 1. The predicted octanol–water partition coefficient (Wildman–Crippen LogP) is 2.79. The first-order valence-electron chi connectivity index (χ1n) is 8.52. The highest BCUT2D eigenvalue weighted by Gasteiger charge is 2.42. The van der Waals surface area contributed by atoms with Crippen LogP contribution in [0.5, 0.6) is 0 Å². The summed E-state index contributed by atoms with van der Waals surface area (Å²) >= 11 is 0. The number of halogens is 1. The summed E-state index contributed by atoms with van der Waals surface area (Å²) in [6.07, 6.45) is 1.79. The van der Waals surface area contributed by atoms with Crippen LogP contribution in [0.15, 0.2) is 24.3 Å². The van der Waals surface area contributed by atoms with Gasteiger partial charge in [0.15, 0.2) is 0 Å². The normalized spacial score (nSPS) is 18.9. The lowest BCUT2D eigenvalue weighted by atomic mass is 9.73. The number of hydrogen-bond donors (Lipinski definition) is 2. The minimum atomic E-state index is -0.725. The number of rotatable bonds is 5. The molecule has 1 amide bonds. The highest BCUT2D eigenvalue weighted by atomic mass is 19.1. The minimum absolute atomic E-state index is 0.000604. The zero-order valence-corrected chi connectivity index (χ0v) is 14.8. The molecule has 1 aliphatic heterocycles. The molecule has 134 valence electrons. The second kappa shape index (κ2) is 7.62. The fourth-order valence-electron chi connectivity index (χ4n) is 3.36. The lowest BCUT2D eigenvalue weighted by molar-refractivity contribution is -0.131. The van der Waals surface area contributed by atoms with E-state index in [1.54, 1.807) is 12.1 Å². The van der Waals surface area contributed by atoms with E-state index in [0.29, 0.717) is 32.5 Å². The molecule has 1 heterocycles. The van der Waals surface area contributed by atoms with E-state index in [0.717, 1.165) is 5.56 Å². The molecule has 1 aromatic carbocycles. The van der Waals surface area contributed by atoms with E-state index in [4.69, 9.17) is 4.74 Å². The van der Waals surface area contributed by atoms with Crippen LogP contribution in [0.2, 0.25) is 0 Å². The van der Waals surface area contributed by atoms with Gasteiger partial charge in [0.1, 0.15) is 5.82 Å². The quantitative estimate of drug-likeness (QED) is 0.869. The lowest BCUT2D eigenvalue weighted by Gasteiger charge is -2.38. The topological polar surface area (TPSA) is 58.6 Å². The van der Waals surface area contributed by atoms with Gasteiger partial charge in [-0.05, 0) is 42.4 Å². The van der Waals surface area contributed by atoms with Crippen molar-refractivity contribution in [3.63, 3.8) is 0 Å². The van der Waals surface area contributed by atoms with Crippen molar-refractivity contribution in [2.75, 3.05) is 19.8 Å². The van der Waals surface area contributed by atoms with E-state index >= 15 is 0 Å². The van der Waals surface area contributed by atoms with Gasteiger partial charge in [0, 0.05) is 13.2 Å². The Kier molecular flexibility index (Phi) is 5.99. The summed E-state index contributed by atoms with van der Waals surface area (Å²) < 4.78 is 18.7. The van der Waals surface area contributed by atoms with E-state index in [2.05, 4.69) is 26.1 Å². The Hall–Kier alpha value is -1.46. The van der Waals surface area contributed by atoms with E-state index in [1.807, 2.05) is 0 Å². The second-order valence-corrected chi connectivity index (χ2v) is 7.82. The third-order valence-electron chi connectivity index (χ3n) is 4.59. The fraction of sp³-hybridized carbons (Fsp3) is 0.632. The number of hydrogen-bond acceptors (Lipinski definition) is 3. The van der Waals surface area contributed by atoms with Gasteiger partial charge in [-0.25, -0.2) is 4.39 Å². The molecule has 0 radical (unpaired) electrons. The minimum Gasteiger partial charge on any atom is -0.394 e. The summed E-state index contributed by atoms with van der Waals surface area (Å²) in [5.41, 5.74) is 0.0774. The maximum absolute atomic E-state index is 13.3. The number of aliphatic hydroxyl groups is 1. The van der Waals surface area contributed by atoms with Gasteiger partial charge in [-0.15, -0.1) is 0 Å². The van der Waals surface area contributed by atoms with Gasteiger partial charge in [-0.2, -0.15) is 0 Å². The molecule has 24 heavy (non-hydrogen) atoms. The fourth-order valence-corrected chi connectivity index (χ4v) is 3.36. The predicted molar refractivity (Wildman–Crippen MR) is 91.2 cm³/mol. The molecule has 0 saturated carbocycles. The van der Waals surface area contributed by atoms with E-state index < -0.39 is 5.41 Å². The number of amides is 1. The maximum Gasteiger partial charge on any atom is 0.231 e. The van der Waals surface area contributed by atoms with Crippen LogP contribution < -0.4 is 5.32 Å². The largest absolute Gasteiger partial charge is 0.394 e. The molecule has 0 spiro atoms. The Morgan fingerprint density at radius 1 is 1.29 bits per heavy atom. The van der Waals surface area contributed by atoms with Crippen molar-refractivity contribution in [3.8, 4) is 0 Å². The highest BCUT2D eigenvalue weighted by molar-refractivity contribution is 5.88. The Labute approximate surface area is 143 Å². The van der Waals surface area contributed by atoms with Crippen LogP contribution in [0.4, 0.5) is 4.39 Å². The first kappa shape index (κ1) is 18.9. The van der Waals surface area contributed by atoms with Crippen LogP contribution in [-0.4, -0.2) is 36.9 Å². The first-order valence-corrected chi connectivity index (χ1v) is 8.52. The number of carbonyl (C=O) groups is 1. The van der Waals surface area contributed by atoms with Crippen LogP contribution >= 0.6 is 0 Å². The molecule has 5 heteroatoms. The average molecular weight is 337 g/mol. The Balaban J connectivity index is 2.23. The molecule has 1 atom stereocenters. The zero-order chi connectivity index (χ0) is 17.8. The summed E-state index contributed by atoms with van der Waals surface area (Å²) in [6, 6.07) is 5.84. The zero-order valence-electron chi connectivity index (χ0n) is 14.8. The third kappa shape index (κ3) is 4.54. The molecule has 0 bridgehead atoms. The van der Waals surface area contributed by atoms with Crippen LogP contribution in [0.1, 0.15) is 45.6 Å². The average Bonchev–Trinajstić information content (AvgIpc) is 2.54. The van der Waals surface area contributed by atoms with Gasteiger partial charge in [0.2, 0.25) is 5.91 Å². The molecule has 1 aliphatic rings. The molecule has 2 N–H and O–H groups in total. The summed E-state index contributed by atoms with van der Waals surface area (Å²) in [5, 5.41) is 12.6. The second-order valence-electron chi connectivity index (χ2n) is 7.82. The summed E-state index contributed by atoms with van der Waals surface area (Å²) in [4.78, 5) is 13.1. The maximum atomic E-state index is 13.3. The Bertz CT molecular complexity index is 545. The Morgan fingerprint density at radius 3 is 2.38 bits per heavy atom. The molecule has 1 fully saturated rings. The summed E-state index contributed by atoms with van der Waals surface area (Å²) in [6.45, 7) is 7.12. The van der Waals surface area contributed by atoms with E-state index in [-0.39, 0.29) is 29.8 Å². The number of benzene rings is 1. The van der Waals surface area contributed by atoms with Crippen LogP contribution in [0.25, 0.3) is 0 Å². The molecule has 1 unspecified atom stereocenters. The van der Waals surface area contributed by atoms with Crippen molar-refractivity contribution in [2.24, 2.45) is 5.41 Å². The summed E-state index contributed by atoms with van der Waals surface area (Å²) in [7, 11) is 0. The van der Waals surface area contributed by atoms with Gasteiger partial charge in [-0.1, -0.05) is 32.9 Å². The van der Waals surface area contributed by atoms with Gasteiger partial charge in [-0.3, -0.25) is 4.79 Å². The van der Waals surface area contributed by atoms with Crippen molar-refractivity contribution in [2.45, 2.75) is 51.5 Å². The van der Waals surface area contributed by atoms with Gasteiger partial charge in [0.25, 0.3) is 0 Å². The van der Waals surface area contributed by atoms with Gasteiger partial charge < -0.3 is 15.2 Å². The van der Waals surface area contributed by atoms with E-state index in [1.165, 1.54) is 12.1 Å². The molecule has 1 aromatic rings. The molecular weight excluding hydrogens is 309 g/mol.